The molecule has 3 nitrogen and oxygen atoms in total. The Balaban J connectivity index is 0.00000599. The number of benzene rings is 1. The number of halogens is 51. The van der Waals surface area contributed by atoms with Gasteiger partial charge in [0.25, 0.3) is 0 Å². The van der Waals surface area contributed by atoms with Gasteiger partial charge in [-0.1, -0.05) is 30.3 Å². The van der Waals surface area contributed by atoms with Crippen molar-refractivity contribution < 1.29 is 224 Å². The molecule has 3 atom stereocenters. The second-order valence-electron chi connectivity index (χ2n) is 16.2. The summed E-state index contributed by atoms with van der Waals surface area (Å²) in [7, 11) is 0. The Kier molecular flexibility index (Phi) is 20.9. The summed E-state index contributed by atoms with van der Waals surface area (Å²) in [5.74, 6) is -164. The molecule has 514 valence electrons. The van der Waals surface area contributed by atoms with Crippen molar-refractivity contribution in [1.82, 2.24) is 0 Å². The van der Waals surface area contributed by atoms with E-state index in [9.17, 15) is 184 Å². The summed E-state index contributed by atoms with van der Waals surface area (Å²) in [4.78, 5) is 3.87. The minimum absolute atomic E-state index is 0.133. The van der Waals surface area contributed by atoms with Crippen molar-refractivity contribution in [3.63, 3.8) is 0 Å². The summed E-state index contributed by atoms with van der Waals surface area (Å²) < 4.78 is 680. The SMILES string of the molecule is FC(F)(F)C(F)(F)C(F)(F)C(F)(F)C(F)(F)C(F)(F)[C](F)([Sn+]([C](F)(C(F)(F)F)C(F)(F)C(F)(F)C(F)(F)C(F)(F)C(F)(F)C(F)(F)F)[C](F)(C(F)(F)F)C(F)(F)C(F)(F)C(F)(F)C(F)(F)C(F)(F)C(F)(F)F)C(F)(F)F.NC(N)=NCc1ccccc1. The molecule has 0 aliphatic heterocycles. The van der Waals surface area contributed by atoms with E-state index in [1.54, 1.807) is 0 Å². The van der Waals surface area contributed by atoms with Crippen molar-refractivity contribution >= 4 is 25.7 Å². The Bertz CT molecular complexity index is 2320. The van der Waals surface area contributed by atoms with Crippen LogP contribution in [0.2, 0.25) is 0 Å². The van der Waals surface area contributed by atoms with Crippen LogP contribution in [0.4, 0.5) is 224 Å². The number of hydrogen-bond acceptors (Lipinski definition) is 1. The average Bonchev–Trinajstić information content (AvgIpc) is 3.27. The minimum atomic E-state index is -15.7. The number of rotatable bonds is 20. The van der Waals surface area contributed by atoms with E-state index in [4.69, 9.17) is 11.5 Å². The standard InChI is InChI=1S/3C8F17.C8H11N3.Sn/c3*9-1(3(12,13)14)2(10,11)4(15,16)5(17,18)6(19,20)7(21,22)8(23,24)25;9-8(10)11-6-7-4-2-1-3-5-7;/h;;;1-5H,6H2,(H4,9,10,11);/q;;;;+1. The Hall–Kier alpha value is -4.28. The summed E-state index contributed by atoms with van der Waals surface area (Å²) in [6, 6.07) is 9.83. The summed E-state index contributed by atoms with van der Waals surface area (Å²) in [6.07, 6.45) is -61.4. The van der Waals surface area contributed by atoms with Crippen LogP contribution in [0.1, 0.15) is 5.56 Å². The first-order valence-corrected chi connectivity index (χ1v) is 23.3. The summed E-state index contributed by atoms with van der Waals surface area (Å²) in [5, 5.41) is 0. The van der Waals surface area contributed by atoms with Crippen molar-refractivity contribution in [2.45, 2.75) is 143 Å². The number of aliphatic imine (C=N–C) groups is 1. The van der Waals surface area contributed by atoms with Crippen molar-refractivity contribution in [2.24, 2.45) is 16.5 Å². The molecule has 0 radical (unpaired) electrons. The zero-order valence-electron chi connectivity index (χ0n) is 38.0. The Morgan fingerprint density at radius 1 is 0.241 bits per heavy atom. The van der Waals surface area contributed by atoms with Crippen LogP contribution in [-0.2, 0) is 6.54 Å². The first-order valence-electron chi connectivity index (χ1n) is 19.0. The topological polar surface area (TPSA) is 64.4 Å². The van der Waals surface area contributed by atoms with E-state index in [-0.39, 0.29) is 5.96 Å². The molecular formula is C32H11F51N3Sn+. The third-order valence-corrected chi connectivity index (χ3v) is 21.6. The van der Waals surface area contributed by atoms with Crippen molar-refractivity contribution in [3.05, 3.63) is 35.9 Å². The molecule has 1 aromatic carbocycles. The van der Waals surface area contributed by atoms with Crippen molar-refractivity contribution in [1.29, 1.82) is 0 Å². The summed E-state index contributed by atoms with van der Waals surface area (Å²) in [5.41, 5.74) is 11.4. The molecule has 0 spiro atoms. The van der Waals surface area contributed by atoms with Crippen LogP contribution in [-0.4, -0.2) is 163 Å². The second kappa shape index (κ2) is 22.0. The van der Waals surface area contributed by atoms with E-state index in [0.717, 1.165) is 5.56 Å². The molecule has 55 heteroatoms. The van der Waals surface area contributed by atoms with Crippen molar-refractivity contribution in [2.75, 3.05) is 0 Å². The maximum Gasteiger partial charge on any atom is 0.186 e. The fraction of sp³-hybridized carbons (Fsp3) is 0.781. The number of guanidine groups is 1. The number of nitrogens with zero attached hydrogens (tertiary/aromatic N) is 1. The third kappa shape index (κ3) is 11.2. The molecular weight excluding hydrogens is 1510 g/mol. The molecule has 1 aromatic rings. The van der Waals surface area contributed by atoms with Gasteiger partial charge in [-0.2, -0.15) is 0 Å². The smallest absolute Gasteiger partial charge is 0.186 e. The molecule has 0 aliphatic rings. The van der Waals surface area contributed by atoms with E-state index in [0.29, 0.717) is 6.54 Å². The second-order valence-corrected chi connectivity index (χ2v) is 24.2. The first kappa shape index (κ1) is 82.7. The zero-order chi connectivity index (χ0) is 71.7. The van der Waals surface area contributed by atoms with Gasteiger partial charge in [-0.05, 0) is 5.56 Å². The molecule has 3 unspecified atom stereocenters. The van der Waals surface area contributed by atoms with Gasteiger partial charge in [0, 0.05) is 0 Å². The number of nitrogens with two attached hydrogens (primary N) is 2. The molecule has 0 aliphatic carbocycles. The van der Waals surface area contributed by atoms with E-state index in [2.05, 4.69) is 4.99 Å². The van der Waals surface area contributed by atoms with Gasteiger partial charge in [-0.25, -0.2) is 4.99 Å². The number of alkyl halides is 51. The molecule has 0 fully saturated rings. The van der Waals surface area contributed by atoms with E-state index < -0.39 is 157 Å². The largest absolute Gasteiger partial charge is 0.370 e. The normalized spacial score (nSPS) is 18.0. The van der Waals surface area contributed by atoms with E-state index in [1.165, 1.54) is 0 Å². The molecule has 0 amide bonds. The fourth-order valence-corrected chi connectivity index (χ4v) is 16.4. The molecule has 87 heavy (non-hydrogen) atoms. The number of hydrogen-bond donors (Lipinski definition) is 2. The molecule has 1 rings (SSSR count). The quantitative estimate of drug-likeness (QED) is 0.0591. The Morgan fingerprint density at radius 3 is 0.552 bits per heavy atom. The Labute approximate surface area is 445 Å². The fourth-order valence-electron chi connectivity index (χ4n) is 5.87. The van der Waals surface area contributed by atoms with Crippen LogP contribution in [0.5, 0.6) is 0 Å². The van der Waals surface area contributed by atoms with Gasteiger partial charge in [0.05, 0.1) is 6.54 Å². The van der Waals surface area contributed by atoms with Crippen LogP contribution < -0.4 is 11.5 Å². The predicted octanol–water partition coefficient (Wildman–Crippen LogP) is 16.6. The van der Waals surface area contributed by atoms with Gasteiger partial charge in [-0.15, -0.1) is 0 Å². The van der Waals surface area contributed by atoms with Gasteiger partial charge < -0.3 is 11.5 Å². The molecule has 0 heterocycles. The third-order valence-electron chi connectivity index (χ3n) is 10.6. The summed E-state index contributed by atoms with van der Waals surface area (Å²) >= 11 is -15.7. The van der Waals surface area contributed by atoms with E-state index in [1.807, 2.05) is 30.3 Å². The maximum atomic E-state index is 16.2. The average molecular weight is 1530 g/mol. The van der Waals surface area contributed by atoms with Crippen LogP contribution in [0, 0.1) is 0 Å². The van der Waals surface area contributed by atoms with Crippen molar-refractivity contribution in [3.8, 4) is 0 Å². The van der Waals surface area contributed by atoms with Gasteiger partial charge in [-0.3, -0.25) is 0 Å². The molecule has 4 N–H and O–H groups in total. The molecule has 0 bridgehead atoms. The first-order chi connectivity index (χ1) is 36.9. The van der Waals surface area contributed by atoms with Gasteiger partial charge >= 0.3 is 381 Å². The maximum absolute atomic E-state index is 16.2. The van der Waals surface area contributed by atoms with Crippen LogP contribution in [0.15, 0.2) is 35.3 Å². The summed E-state index contributed by atoms with van der Waals surface area (Å²) in [6.45, 7) is 0.559. The van der Waals surface area contributed by atoms with Gasteiger partial charge in [0.2, 0.25) is 0 Å². The van der Waals surface area contributed by atoms with Crippen LogP contribution >= 0.6 is 0 Å². The van der Waals surface area contributed by atoms with E-state index >= 15 is 39.5 Å². The van der Waals surface area contributed by atoms with Crippen LogP contribution in [0.3, 0.4) is 0 Å². The van der Waals surface area contributed by atoms with Gasteiger partial charge in [0.1, 0.15) is 0 Å². The van der Waals surface area contributed by atoms with Crippen LogP contribution in [0.25, 0.3) is 0 Å². The molecule has 0 saturated heterocycles. The Morgan fingerprint density at radius 2 is 0.402 bits per heavy atom. The monoisotopic (exact) mass is 1530 g/mol. The van der Waals surface area contributed by atoms with Gasteiger partial charge in [0.15, 0.2) is 5.96 Å². The zero-order valence-corrected chi connectivity index (χ0v) is 40.8. The molecule has 0 aromatic heterocycles. The molecule has 0 saturated carbocycles. The predicted molar refractivity (Wildman–Crippen MR) is 174 cm³/mol. The minimum Gasteiger partial charge on any atom is -0.370 e.